The minimum atomic E-state index is 0.110. The van der Waals surface area contributed by atoms with Gasteiger partial charge < -0.3 is 15.0 Å². The second-order valence-corrected chi connectivity index (χ2v) is 7.52. The van der Waals surface area contributed by atoms with Crippen molar-refractivity contribution in [3.8, 4) is 5.75 Å². The van der Waals surface area contributed by atoms with E-state index in [1.165, 1.54) is 27.7 Å². The van der Waals surface area contributed by atoms with E-state index in [-0.39, 0.29) is 11.9 Å². The first-order valence-electron chi connectivity index (χ1n) is 9.68. The molecule has 27 heavy (non-hydrogen) atoms. The molecule has 4 nitrogen and oxygen atoms in total. The van der Waals surface area contributed by atoms with Crippen LogP contribution in [0.5, 0.6) is 5.75 Å². The smallest absolute Gasteiger partial charge is 0.220 e. The van der Waals surface area contributed by atoms with E-state index >= 15 is 0 Å². The van der Waals surface area contributed by atoms with Crippen LogP contribution in [0.15, 0.2) is 42.5 Å². The van der Waals surface area contributed by atoms with Crippen LogP contribution in [-0.2, 0) is 17.6 Å². The summed E-state index contributed by atoms with van der Waals surface area (Å²) in [5.74, 6) is 1.01. The molecule has 2 N–H and O–H groups in total. The second kappa shape index (κ2) is 7.47. The summed E-state index contributed by atoms with van der Waals surface area (Å²) in [5.41, 5.74) is 6.22. The molecule has 1 aliphatic carbocycles. The van der Waals surface area contributed by atoms with Crippen molar-refractivity contribution in [3.63, 3.8) is 0 Å². The lowest BCUT2D eigenvalue weighted by atomic mass is 10.1. The lowest BCUT2D eigenvalue weighted by Gasteiger charge is -2.13. The molecule has 0 spiro atoms. The summed E-state index contributed by atoms with van der Waals surface area (Å²) in [5, 5.41) is 4.49. The Morgan fingerprint density at radius 1 is 1.19 bits per heavy atom. The lowest BCUT2D eigenvalue weighted by molar-refractivity contribution is -0.121. The monoisotopic (exact) mass is 362 g/mol. The Bertz CT molecular complexity index is 974. The van der Waals surface area contributed by atoms with Crippen molar-refractivity contribution in [2.75, 3.05) is 6.61 Å². The van der Waals surface area contributed by atoms with Crippen LogP contribution in [0.3, 0.4) is 0 Å². The van der Waals surface area contributed by atoms with E-state index in [2.05, 4.69) is 35.4 Å². The van der Waals surface area contributed by atoms with E-state index in [4.69, 9.17) is 4.74 Å². The maximum Gasteiger partial charge on any atom is 0.220 e. The Kier molecular flexibility index (Phi) is 4.88. The molecule has 1 aromatic heterocycles. The number of carbonyl (C=O) groups is 1. The molecule has 0 radical (unpaired) electrons. The number of fused-ring (bicyclic) bond motifs is 3. The van der Waals surface area contributed by atoms with Crippen LogP contribution in [0.4, 0.5) is 0 Å². The summed E-state index contributed by atoms with van der Waals surface area (Å²) < 4.78 is 5.77. The van der Waals surface area contributed by atoms with Crippen LogP contribution in [0.2, 0.25) is 0 Å². The largest absolute Gasteiger partial charge is 0.493 e. The number of nitrogens with one attached hydrogen (secondary N) is 2. The molecule has 140 valence electrons. The Balaban J connectivity index is 1.25. The van der Waals surface area contributed by atoms with Gasteiger partial charge in [0.05, 0.1) is 6.61 Å². The number of amides is 1. The van der Waals surface area contributed by atoms with Gasteiger partial charge in [-0.1, -0.05) is 29.8 Å². The van der Waals surface area contributed by atoms with Gasteiger partial charge in [-0.25, -0.2) is 0 Å². The van der Waals surface area contributed by atoms with Gasteiger partial charge in [0.1, 0.15) is 5.75 Å². The van der Waals surface area contributed by atoms with Crippen molar-refractivity contribution in [2.24, 2.45) is 0 Å². The van der Waals surface area contributed by atoms with Gasteiger partial charge in [0.2, 0.25) is 5.91 Å². The molecule has 2 aromatic carbocycles. The van der Waals surface area contributed by atoms with Crippen molar-refractivity contribution >= 4 is 16.8 Å². The average Bonchev–Trinajstić information content (AvgIpc) is 3.17. The molecule has 1 atom stereocenters. The van der Waals surface area contributed by atoms with Crippen molar-refractivity contribution in [3.05, 3.63) is 64.8 Å². The molecular weight excluding hydrogens is 336 g/mol. The van der Waals surface area contributed by atoms with Crippen molar-refractivity contribution in [1.29, 1.82) is 0 Å². The normalized spacial score (nSPS) is 15.7. The third-order valence-corrected chi connectivity index (χ3v) is 5.32. The minimum absolute atomic E-state index is 0.110. The number of aromatic amines is 1. The topological polar surface area (TPSA) is 54.1 Å². The molecule has 1 amide bonds. The lowest BCUT2D eigenvalue weighted by Crippen LogP contribution is -2.35. The van der Waals surface area contributed by atoms with Gasteiger partial charge in [0.25, 0.3) is 0 Å². The average molecular weight is 362 g/mol. The van der Waals surface area contributed by atoms with Crippen LogP contribution in [0.25, 0.3) is 10.9 Å². The number of para-hydroxylation sites is 1. The Morgan fingerprint density at radius 2 is 2.04 bits per heavy atom. The predicted molar refractivity (Wildman–Crippen MR) is 108 cm³/mol. The number of carbonyl (C=O) groups excluding carboxylic acids is 1. The zero-order valence-electron chi connectivity index (χ0n) is 16.0. The summed E-state index contributed by atoms with van der Waals surface area (Å²) in [4.78, 5) is 15.8. The molecule has 3 aromatic rings. The van der Waals surface area contributed by atoms with E-state index in [1.807, 2.05) is 31.2 Å². The summed E-state index contributed by atoms with van der Waals surface area (Å²) in [6.07, 6.45) is 3.01. The first-order chi connectivity index (χ1) is 13.1. The SMILES string of the molecule is Cc1ccc2[nH]c3c(c2c1)CC(NC(=O)CCCOc1ccccc1C)C3. The molecule has 0 bridgehead atoms. The fourth-order valence-electron chi connectivity index (χ4n) is 3.92. The number of hydrogen-bond acceptors (Lipinski definition) is 2. The zero-order chi connectivity index (χ0) is 18.8. The van der Waals surface area contributed by atoms with E-state index < -0.39 is 0 Å². The van der Waals surface area contributed by atoms with Crippen LogP contribution >= 0.6 is 0 Å². The maximum atomic E-state index is 12.3. The van der Waals surface area contributed by atoms with Crippen LogP contribution in [0, 0.1) is 13.8 Å². The molecule has 1 unspecified atom stereocenters. The highest BCUT2D eigenvalue weighted by Gasteiger charge is 2.26. The first-order valence-corrected chi connectivity index (χ1v) is 9.68. The predicted octanol–water partition coefficient (Wildman–Crippen LogP) is 4.23. The van der Waals surface area contributed by atoms with Gasteiger partial charge in [-0.3, -0.25) is 4.79 Å². The molecule has 0 saturated heterocycles. The minimum Gasteiger partial charge on any atom is -0.493 e. The Morgan fingerprint density at radius 3 is 2.89 bits per heavy atom. The van der Waals surface area contributed by atoms with Gasteiger partial charge in [-0.15, -0.1) is 0 Å². The third kappa shape index (κ3) is 3.85. The number of H-pyrrole nitrogens is 1. The van der Waals surface area contributed by atoms with Gasteiger partial charge in [-0.05, 0) is 56.0 Å². The summed E-state index contributed by atoms with van der Waals surface area (Å²) in [6.45, 7) is 4.71. The number of ether oxygens (including phenoxy) is 1. The quantitative estimate of drug-likeness (QED) is 0.645. The van der Waals surface area contributed by atoms with Gasteiger partial charge in [-0.2, -0.15) is 0 Å². The fourth-order valence-corrected chi connectivity index (χ4v) is 3.92. The van der Waals surface area contributed by atoms with Gasteiger partial charge in [0, 0.05) is 35.5 Å². The number of hydrogen-bond donors (Lipinski definition) is 2. The number of rotatable bonds is 6. The van der Waals surface area contributed by atoms with Gasteiger partial charge >= 0.3 is 0 Å². The zero-order valence-corrected chi connectivity index (χ0v) is 16.0. The maximum absolute atomic E-state index is 12.3. The first kappa shape index (κ1) is 17.7. The molecule has 0 aliphatic heterocycles. The molecule has 4 rings (SSSR count). The molecule has 4 heteroatoms. The van der Waals surface area contributed by atoms with Crippen LogP contribution in [0.1, 0.15) is 35.2 Å². The molecule has 0 fully saturated rings. The number of aromatic nitrogens is 1. The standard InChI is InChI=1S/C23H26N2O2/c1-15-9-10-20-18(12-15)19-13-17(14-21(19)25-20)24-23(26)8-5-11-27-22-7-4-3-6-16(22)2/h3-4,6-7,9-10,12,17,25H,5,8,11,13-14H2,1-2H3,(H,24,26). The van der Waals surface area contributed by atoms with Crippen LogP contribution < -0.4 is 10.1 Å². The highest BCUT2D eigenvalue weighted by molar-refractivity contribution is 5.86. The summed E-state index contributed by atoms with van der Waals surface area (Å²) >= 11 is 0. The van der Waals surface area contributed by atoms with Gasteiger partial charge in [0.15, 0.2) is 0 Å². The Hall–Kier alpha value is -2.75. The molecule has 0 saturated carbocycles. The fraction of sp³-hybridized carbons (Fsp3) is 0.348. The van der Waals surface area contributed by atoms with E-state index in [9.17, 15) is 4.79 Å². The molecule has 1 aliphatic rings. The van der Waals surface area contributed by atoms with Crippen LogP contribution in [-0.4, -0.2) is 23.5 Å². The van der Waals surface area contributed by atoms with E-state index in [0.29, 0.717) is 13.0 Å². The summed E-state index contributed by atoms with van der Waals surface area (Å²) in [6, 6.07) is 14.7. The molecule has 1 heterocycles. The third-order valence-electron chi connectivity index (χ3n) is 5.32. The van der Waals surface area contributed by atoms with E-state index in [0.717, 1.165) is 30.6 Å². The number of aryl methyl sites for hydroxylation is 2. The highest BCUT2D eigenvalue weighted by atomic mass is 16.5. The Labute approximate surface area is 159 Å². The van der Waals surface area contributed by atoms with E-state index in [1.54, 1.807) is 0 Å². The number of benzene rings is 2. The summed E-state index contributed by atoms with van der Waals surface area (Å²) in [7, 11) is 0. The second-order valence-electron chi connectivity index (χ2n) is 7.52. The van der Waals surface area contributed by atoms with Crippen molar-refractivity contribution in [1.82, 2.24) is 10.3 Å². The van der Waals surface area contributed by atoms with Crippen molar-refractivity contribution < 1.29 is 9.53 Å². The highest BCUT2D eigenvalue weighted by Crippen LogP contribution is 2.30. The molecular formula is C23H26N2O2. The van der Waals surface area contributed by atoms with Crippen molar-refractivity contribution in [2.45, 2.75) is 45.6 Å².